The van der Waals surface area contributed by atoms with Crippen molar-refractivity contribution in [3.8, 4) is 17.6 Å². The maximum absolute atomic E-state index is 13.5. The van der Waals surface area contributed by atoms with Gasteiger partial charge in [0.25, 0.3) is 0 Å². The van der Waals surface area contributed by atoms with Crippen LogP contribution in [0.15, 0.2) is 23.1 Å². The number of fused-ring (bicyclic) bond motifs is 1. The molecular weight excluding hydrogens is 442 g/mol. The van der Waals surface area contributed by atoms with Crippen molar-refractivity contribution in [2.45, 2.75) is 63.6 Å². The van der Waals surface area contributed by atoms with Crippen LogP contribution in [-0.2, 0) is 10.0 Å². The molecule has 0 saturated heterocycles. The Morgan fingerprint density at radius 3 is 2.64 bits per heavy atom. The van der Waals surface area contributed by atoms with Crippen molar-refractivity contribution < 1.29 is 23.1 Å². The summed E-state index contributed by atoms with van der Waals surface area (Å²) < 4.78 is 34.6. The first-order valence-corrected chi connectivity index (χ1v) is 12.9. The molecule has 2 N–H and O–H groups in total. The number of hydrogen-bond donors (Lipinski definition) is 2. The fourth-order valence-corrected chi connectivity index (χ4v) is 5.47. The van der Waals surface area contributed by atoms with Gasteiger partial charge in [-0.25, -0.2) is 13.2 Å². The topological polar surface area (TPSA) is 99.2 Å². The predicted molar refractivity (Wildman–Crippen MR) is 126 cm³/mol. The molecule has 8 nitrogen and oxygen atoms in total. The van der Waals surface area contributed by atoms with Crippen molar-refractivity contribution >= 4 is 16.1 Å². The standard InChI is InChI=1S/C24H35N3O5S/c1-16(2)25-24(29)26(5)14-22-17(3)13-27(18(4)15-28)33(30,31)23-11-10-20(12-21(23)32-22)9-8-19-6-7-19/h10-12,16-19,22,28H,6-7,13-15H2,1-5H3,(H,25,29)/t17-,18-,22+/m0/s1. The van der Waals surface area contributed by atoms with Crippen molar-refractivity contribution in [2.24, 2.45) is 11.8 Å². The van der Waals surface area contributed by atoms with Crippen molar-refractivity contribution in [1.29, 1.82) is 0 Å². The molecule has 0 bridgehead atoms. The normalized spacial score (nSPS) is 23.2. The number of nitrogens with zero attached hydrogens (tertiary/aromatic N) is 2. The van der Waals surface area contributed by atoms with Crippen LogP contribution >= 0.6 is 0 Å². The van der Waals surface area contributed by atoms with Gasteiger partial charge in [-0.2, -0.15) is 4.31 Å². The van der Waals surface area contributed by atoms with Crippen molar-refractivity contribution in [3.05, 3.63) is 23.8 Å². The van der Waals surface area contributed by atoms with Crippen LogP contribution in [0.2, 0.25) is 0 Å². The molecule has 3 atom stereocenters. The third-order valence-corrected chi connectivity index (χ3v) is 7.90. The second kappa shape index (κ2) is 10.3. The summed E-state index contributed by atoms with van der Waals surface area (Å²) >= 11 is 0. The molecular formula is C24H35N3O5S. The van der Waals surface area contributed by atoms with Gasteiger partial charge in [0.2, 0.25) is 10.0 Å². The highest BCUT2D eigenvalue weighted by molar-refractivity contribution is 7.89. The first kappa shape index (κ1) is 25.3. The van der Waals surface area contributed by atoms with Gasteiger partial charge in [0.1, 0.15) is 16.7 Å². The third kappa shape index (κ3) is 6.19. The Kier molecular flexibility index (Phi) is 7.93. The average molecular weight is 478 g/mol. The second-order valence-electron chi connectivity index (χ2n) is 9.43. The van der Waals surface area contributed by atoms with Gasteiger partial charge in [-0.1, -0.05) is 18.8 Å². The summed E-state index contributed by atoms with van der Waals surface area (Å²) in [6.45, 7) is 7.50. The fraction of sp³-hybridized carbons (Fsp3) is 0.625. The zero-order valence-corrected chi connectivity index (χ0v) is 20.9. The molecule has 1 aromatic rings. The summed E-state index contributed by atoms with van der Waals surface area (Å²) in [4.78, 5) is 14.1. The summed E-state index contributed by atoms with van der Waals surface area (Å²) in [5.74, 6) is 6.71. The monoisotopic (exact) mass is 477 g/mol. The number of ether oxygens (including phenoxy) is 1. The predicted octanol–water partition coefficient (Wildman–Crippen LogP) is 2.27. The Morgan fingerprint density at radius 1 is 1.33 bits per heavy atom. The van der Waals surface area contributed by atoms with Crippen LogP contribution < -0.4 is 10.1 Å². The lowest BCUT2D eigenvalue weighted by atomic mass is 10.0. The van der Waals surface area contributed by atoms with E-state index < -0.39 is 22.2 Å². The van der Waals surface area contributed by atoms with Gasteiger partial charge in [0.05, 0.1) is 13.2 Å². The van der Waals surface area contributed by atoms with E-state index in [0.29, 0.717) is 11.5 Å². The molecule has 182 valence electrons. The van der Waals surface area contributed by atoms with Crippen LogP contribution in [-0.4, -0.2) is 73.7 Å². The summed E-state index contributed by atoms with van der Waals surface area (Å²) in [6.07, 6.45) is 1.74. The molecule has 0 aromatic heterocycles. The lowest BCUT2D eigenvalue weighted by molar-refractivity contribution is 0.0809. The molecule has 0 unspecified atom stereocenters. The van der Waals surface area contributed by atoms with Gasteiger partial charge >= 0.3 is 6.03 Å². The number of hydrogen-bond acceptors (Lipinski definition) is 5. The first-order chi connectivity index (χ1) is 15.5. The van der Waals surface area contributed by atoms with E-state index in [2.05, 4.69) is 17.2 Å². The largest absolute Gasteiger partial charge is 0.487 e. The van der Waals surface area contributed by atoms with Crippen molar-refractivity contribution in [3.63, 3.8) is 0 Å². The molecule has 0 radical (unpaired) electrons. The van der Waals surface area contributed by atoms with E-state index in [-0.39, 0.29) is 48.3 Å². The van der Waals surface area contributed by atoms with E-state index in [1.54, 1.807) is 31.0 Å². The van der Waals surface area contributed by atoms with E-state index >= 15 is 0 Å². The summed E-state index contributed by atoms with van der Waals surface area (Å²) in [6, 6.07) is 4.07. The quantitative estimate of drug-likeness (QED) is 0.634. The highest BCUT2D eigenvalue weighted by Gasteiger charge is 2.38. The van der Waals surface area contributed by atoms with Gasteiger partial charge in [-0.3, -0.25) is 0 Å². The van der Waals surface area contributed by atoms with Crippen LogP contribution in [0.3, 0.4) is 0 Å². The van der Waals surface area contributed by atoms with Crippen LogP contribution in [0.5, 0.6) is 5.75 Å². The molecule has 9 heteroatoms. The number of rotatable bonds is 5. The van der Waals surface area contributed by atoms with Crippen LogP contribution in [0.4, 0.5) is 4.79 Å². The molecule has 1 heterocycles. The zero-order chi connectivity index (χ0) is 24.3. The van der Waals surface area contributed by atoms with E-state index in [4.69, 9.17) is 4.74 Å². The van der Waals surface area contributed by atoms with Crippen LogP contribution in [0, 0.1) is 23.7 Å². The Labute approximate surface area is 197 Å². The molecule has 2 aliphatic rings. The van der Waals surface area contributed by atoms with E-state index in [1.165, 1.54) is 10.4 Å². The Bertz CT molecular complexity index is 1030. The van der Waals surface area contributed by atoms with Gasteiger partial charge in [0, 0.05) is 43.1 Å². The minimum Gasteiger partial charge on any atom is -0.487 e. The highest BCUT2D eigenvalue weighted by Crippen LogP contribution is 2.34. The molecule has 1 fully saturated rings. The number of carbonyl (C=O) groups excluding carboxylic acids is 1. The smallest absolute Gasteiger partial charge is 0.317 e. The number of likely N-dealkylation sites (N-methyl/N-ethyl adjacent to an activating group) is 1. The number of sulfonamides is 1. The minimum absolute atomic E-state index is 0.00464. The maximum Gasteiger partial charge on any atom is 0.317 e. The van der Waals surface area contributed by atoms with Gasteiger partial charge in [-0.15, -0.1) is 0 Å². The minimum atomic E-state index is -3.90. The number of aliphatic hydroxyl groups is 1. The number of nitrogens with one attached hydrogen (secondary N) is 1. The number of amides is 2. The SMILES string of the molecule is CC(C)NC(=O)N(C)C[C@H]1Oc2cc(C#CC3CC3)ccc2S(=O)(=O)N([C@@H](C)CO)C[C@@H]1C. The zero-order valence-electron chi connectivity index (χ0n) is 20.0. The molecule has 1 aromatic carbocycles. The molecule has 2 amide bonds. The van der Waals surface area contributed by atoms with E-state index in [9.17, 15) is 18.3 Å². The lowest BCUT2D eigenvalue weighted by Crippen LogP contribution is -2.51. The number of carbonyl (C=O) groups is 1. The lowest BCUT2D eigenvalue weighted by Gasteiger charge is -2.37. The molecule has 1 saturated carbocycles. The van der Waals surface area contributed by atoms with Crippen LogP contribution in [0.25, 0.3) is 0 Å². The van der Waals surface area contributed by atoms with Gasteiger partial charge in [-0.05, 0) is 51.8 Å². The van der Waals surface area contributed by atoms with Crippen LogP contribution in [0.1, 0.15) is 46.1 Å². The average Bonchev–Trinajstić information content (AvgIpc) is 3.58. The second-order valence-corrected chi connectivity index (χ2v) is 11.3. The molecule has 1 aliphatic heterocycles. The Balaban J connectivity index is 1.99. The first-order valence-electron chi connectivity index (χ1n) is 11.5. The highest BCUT2D eigenvalue weighted by atomic mass is 32.2. The van der Waals surface area contributed by atoms with Crippen molar-refractivity contribution in [1.82, 2.24) is 14.5 Å². The summed E-state index contributed by atoms with van der Waals surface area (Å²) in [5.41, 5.74) is 0.690. The Hall–Kier alpha value is -2.28. The van der Waals surface area contributed by atoms with E-state index in [0.717, 1.165) is 12.8 Å². The van der Waals surface area contributed by atoms with Gasteiger partial charge < -0.3 is 20.1 Å². The van der Waals surface area contributed by atoms with E-state index in [1.807, 2.05) is 20.8 Å². The van der Waals surface area contributed by atoms with Crippen molar-refractivity contribution in [2.75, 3.05) is 26.7 Å². The molecule has 33 heavy (non-hydrogen) atoms. The van der Waals surface area contributed by atoms with Gasteiger partial charge in [0.15, 0.2) is 0 Å². The molecule has 3 rings (SSSR count). The summed E-state index contributed by atoms with van der Waals surface area (Å²) in [7, 11) is -2.21. The molecule has 0 spiro atoms. The molecule has 1 aliphatic carbocycles. The fourth-order valence-electron chi connectivity index (χ4n) is 3.64. The number of urea groups is 1. The number of aliphatic hydroxyl groups excluding tert-OH is 1. The third-order valence-electron chi connectivity index (χ3n) is 5.88. The summed E-state index contributed by atoms with van der Waals surface area (Å²) in [5, 5.41) is 12.6. The maximum atomic E-state index is 13.5. The Morgan fingerprint density at radius 2 is 2.03 bits per heavy atom. The number of benzene rings is 1.